The fourth-order valence-electron chi connectivity index (χ4n) is 4.55. The topological polar surface area (TPSA) is 106 Å². The molecule has 0 atom stereocenters. The number of carbonyl (C=O) groups is 1. The van der Waals surface area contributed by atoms with Crippen molar-refractivity contribution < 1.29 is 22.4 Å². The number of halogens is 4. The van der Waals surface area contributed by atoms with E-state index in [9.17, 15) is 22.4 Å². The molecule has 3 aromatic heterocycles. The number of alkyl halides is 3. The lowest BCUT2D eigenvalue weighted by atomic mass is 10.1. The number of hydrogen-bond acceptors (Lipinski definition) is 8. The molecule has 0 saturated carbocycles. The van der Waals surface area contributed by atoms with E-state index < -0.39 is 24.3 Å². The number of H-pyrrole nitrogens is 1. The van der Waals surface area contributed by atoms with Crippen LogP contribution >= 0.6 is 0 Å². The van der Waals surface area contributed by atoms with Crippen molar-refractivity contribution in [2.45, 2.75) is 19.1 Å². The van der Waals surface area contributed by atoms with Crippen LogP contribution in [0.15, 0.2) is 42.9 Å². The summed E-state index contributed by atoms with van der Waals surface area (Å²) in [6.45, 7) is 2.01. The Morgan fingerprint density at radius 1 is 1.07 bits per heavy atom. The zero-order valence-electron chi connectivity index (χ0n) is 21.8. The molecule has 0 bridgehead atoms. The molecule has 1 saturated heterocycles. The van der Waals surface area contributed by atoms with Crippen LogP contribution in [0.4, 0.5) is 35.1 Å². The third-order valence-electron chi connectivity index (χ3n) is 6.50. The summed E-state index contributed by atoms with van der Waals surface area (Å²) < 4.78 is 52.5. The molecular formula is C26H27F4N9O. The lowest BCUT2D eigenvalue weighted by molar-refractivity contribution is -0.162. The first-order valence-electron chi connectivity index (χ1n) is 12.5. The molecule has 0 radical (unpaired) electrons. The molecule has 5 rings (SSSR count). The second-order valence-corrected chi connectivity index (χ2v) is 9.69. The van der Waals surface area contributed by atoms with E-state index in [0.717, 1.165) is 5.56 Å². The van der Waals surface area contributed by atoms with E-state index in [1.54, 1.807) is 43.4 Å². The van der Waals surface area contributed by atoms with Crippen LogP contribution in [-0.4, -0.2) is 87.1 Å². The number of benzene rings is 1. The second kappa shape index (κ2) is 11.0. The normalized spacial score (nSPS) is 14.5. The average Bonchev–Trinajstić information content (AvgIpc) is 3.29. The van der Waals surface area contributed by atoms with Gasteiger partial charge in [0.1, 0.15) is 24.3 Å². The van der Waals surface area contributed by atoms with E-state index in [2.05, 4.69) is 35.1 Å². The predicted molar refractivity (Wildman–Crippen MR) is 141 cm³/mol. The second-order valence-electron chi connectivity index (χ2n) is 9.69. The molecule has 4 heterocycles. The molecule has 1 amide bonds. The SMILES string of the molecule is CN(C)c1ncnc(-c2ccc3nc(Nc4cc(CN5CCN(C(=O)CC(F)(F)F)CC5)ccn4)[nH]c3c2)c1F. The maximum Gasteiger partial charge on any atom is 0.397 e. The van der Waals surface area contributed by atoms with Crippen molar-refractivity contribution in [3.63, 3.8) is 0 Å². The third-order valence-corrected chi connectivity index (χ3v) is 6.50. The molecule has 10 nitrogen and oxygen atoms in total. The first-order valence-corrected chi connectivity index (χ1v) is 12.5. The molecule has 1 fully saturated rings. The van der Waals surface area contributed by atoms with E-state index in [4.69, 9.17) is 0 Å². The Kier molecular flexibility index (Phi) is 7.52. The van der Waals surface area contributed by atoms with Gasteiger partial charge in [-0.2, -0.15) is 13.2 Å². The summed E-state index contributed by atoms with van der Waals surface area (Å²) in [5.74, 6) is -0.208. The highest BCUT2D eigenvalue weighted by atomic mass is 19.4. The molecule has 0 spiro atoms. The summed E-state index contributed by atoms with van der Waals surface area (Å²) >= 11 is 0. The van der Waals surface area contributed by atoms with E-state index >= 15 is 0 Å². The zero-order valence-corrected chi connectivity index (χ0v) is 21.8. The van der Waals surface area contributed by atoms with Crippen molar-refractivity contribution in [1.29, 1.82) is 0 Å². The Hall–Kier alpha value is -4.33. The monoisotopic (exact) mass is 557 g/mol. The lowest BCUT2D eigenvalue weighted by Crippen LogP contribution is -2.49. The van der Waals surface area contributed by atoms with Crippen LogP contribution in [0.5, 0.6) is 0 Å². The number of pyridine rings is 1. The number of rotatable bonds is 7. The minimum Gasteiger partial charge on any atom is -0.360 e. The van der Waals surface area contributed by atoms with Crippen molar-refractivity contribution in [1.82, 2.24) is 34.7 Å². The lowest BCUT2D eigenvalue weighted by Gasteiger charge is -2.35. The van der Waals surface area contributed by atoms with Gasteiger partial charge in [0.25, 0.3) is 0 Å². The number of amides is 1. The third kappa shape index (κ3) is 6.28. The van der Waals surface area contributed by atoms with Crippen LogP contribution < -0.4 is 10.2 Å². The van der Waals surface area contributed by atoms with Gasteiger partial charge < -0.3 is 20.1 Å². The van der Waals surface area contributed by atoms with Crippen molar-refractivity contribution in [2.24, 2.45) is 0 Å². The van der Waals surface area contributed by atoms with Gasteiger partial charge in [-0.15, -0.1) is 0 Å². The van der Waals surface area contributed by atoms with E-state index in [1.165, 1.54) is 11.2 Å². The van der Waals surface area contributed by atoms with Gasteiger partial charge in [0.05, 0.1) is 11.0 Å². The van der Waals surface area contributed by atoms with Gasteiger partial charge in [-0.05, 0) is 29.8 Å². The smallest absolute Gasteiger partial charge is 0.360 e. The first-order chi connectivity index (χ1) is 19.1. The molecule has 0 aliphatic carbocycles. The van der Waals surface area contributed by atoms with Crippen LogP contribution in [-0.2, 0) is 11.3 Å². The molecule has 2 N–H and O–H groups in total. The fraction of sp³-hybridized carbons (Fsp3) is 0.346. The van der Waals surface area contributed by atoms with Gasteiger partial charge >= 0.3 is 6.18 Å². The number of anilines is 3. The molecule has 40 heavy (non-hydrogen) atoms. The summed E-state index contributed by atoms with van der Waals surface area (Å²) in [5.41, 5.74) is 3.05. The van der Waals surface area contributed by atoms with Crippen molar-refractivity contribution >= 4 is 34.5 Å². The number of nitrogens with zero attached hydrogens (tertiary/aromatic N) is 7. The van der Waals surface area contributed by atoms with Crippen molar-refractivity contribution in [2.75, 3.05) is 50.5 Å². The molecular weight excluding hydrogens is 530 g/mol. The maximum absolute atomic E-state index is 14.9. The zero-order chi connectivity index (χ0) is 28.4. The predicted octanol–water partition coefficient (Wildman–Crippen LogP) is 3.96. The van der Waals surface area contributed by atoms with Gasteiger partial charge in [0.15, 0.2) is 11.6 Å². The Balaban J connectivity index is 1.24. The Bertz CT molecular complexity index is 1510. The van der Waals surface area contributed by atoms with Gasteiger partial charge in [-0.25, -0.2) is 24.3 Å². The molecule has 1 aliphatic heterocycles. The van der Waals surface area contributed by atoms with Gasteiger partial charge in [0.2, 0.25) is 11.9 Å². The van der Waals surface area contributed by atoms with Gasteiger partial charge in [-0.3, -0.25) is 9.69 Å². The Labute approximate surface area is 227 Å². The highest BCUT2D eigenvalue weighted by Gasteiger charge is 2.34. The summed E-state index contributed by atoms with van der Waals surface area (Å²) in [7, 11) is 3.42. The van der Waals surface area contributed by atoms with Crippen LogP contribution in [0.3, 0.4) is 0 Å². The van der Waals surface area contributed by atoms with Crippen LogP contribution in [0, 0.1) is 5.82 Å². The molecule has 4 aromatic rings. The quantitative estimate of drug-likeness (QED) is 0.329. The van der Waals surface area contributed by atoms with E-state index in [0.29, 0.717) is 48.0 Å². The number of nitrogens with one attached hydrogen (secondary N) is 2. The number of hydrogen-bond donors (Lipinski definition) is 2. The number of fused-ring (bicyclic) bond motifs is 1. The van der Waals surface area contributed by atoms with Crippen molar-refractivity contribution in [3.05, 3.63) is 54.2 Å². The summed E-state index contributed by atoms with van der Waals surface area (Å²) in [5, 5.41) is 3.15. The Morgan fingerprint density at radius 2 is 1.85 bits per heavy atom. The maximum atomic E-state index is 14.9. The summed E-state index contributed by atoms with van der Waals surface area (Å²) in [4.78, 5) is 36.9. The van der Waals surface area contributed by atoms with Crippen LogP contribution in [0.2, 0.25) is 0 Å². The molecule has 1 aromatic carbocycles. The highest BCUT2D eigenvalue weighted by molar-refractivity contribution is 5.83. The summed E-state index contributed by atoms with van der Waals surface area (Å²) in [6.07, 6.45) is -2.95. The number of aromatic nitrogens is 5. The average molecular weight is 558 g/mol. The minimum absolute atomic E-state index is 0.185. The first kappa shape index (κ1) is 27.2. The van der Waals surface area contributed by atoms with Crippen molar-refractivity contribution in [3.8, 4) is 11.3 Å². The van der Waals surface area contributed by atoms with E-state index in [-0.39, 0.29) is 24.6 Å². The molecule has 0 unspecified atom stereocenters. The van der Waals surface area contributed by atoms with Crippen LogP contribution in [0.25, 0.3) is 22.3 Å². The standard InChI is InChI=1S/C26H27F4N9O/c1-37(2)24-22(27)23(32-15-33-24)17-3-4-18-19(12-17)35-25(34-18)36-20-11-16(5-6-31-20)14-38-7-9-39(10-8-38)21(40)13-26(28,29)30/h3-6,11-12,15H,7-10,13-14H2,1-2H3,(H2,31,34,35,36). The minimum atomic E-state index is -4.50. The largest absolute Gasteiger partial charge is 0.397 e. The number of piperazine rings is 1. The number of carbonyl (C=O) groups excluding carboxylic acids is 1. The summed E-state index contributed by atoms with van der Waals surface area (Å²) in [6, 6.07) is 9.00. The molecule has 14 heteroatoms. The fourth-order valence-corrected chi connectivity index (χ4v) is 4.55. The van der Waals surface area contributed by atoms with Gasteiger partial charge in [0, 0.05) is 58.6 Å². The molecule has 210 valence electrons. The number of aromatic amines is 1. The van der Waals surface area contributed by atoms with Gasteiger partial charge in [-0.1, -0.05) is 6.07 Å². The number of imidazole rings is 1. The molecule has 1 aliphatic rings. The Morgan fingerprint density at radius 3 is 2.58 bits per heavy atom. The highest BCUT2D eigenvalue weighted by Crippen LogP contribution is 2.28. The van der Waals surface area contributed by atoms with E-state index in [1.807, 2.05) is 12.1 Å². The van der Waals surface area contributed by atoms with Crippen LogP contribution in [0.1, 0.15) is 12.0 Å².